The standard InChI is InChI=1S/C39H45N3O2/c43-38(23-10-17-32-13-3-1-4-14-32)42(27-12-19-33-15-5-2-6-16-33)31-34-18-9-20-35(29-34)36-21-11-22-37(30-36)39(44)40-24-28-41-25-7-8-26-41/h1-6,9,11,13-16,18,20-22,29-30H,7-8,10,12,17,19,23-28,31H2,(H,40,44). The lowest BCUT2D eigenvalue weighted by Gasteiger charge is -2.23. The van der Waals surface area contributed by atoms with E-state index < -0.39 is 0 Å². The summed E-state index contributed by atoms with van der Waals surface area (Å²) in [4.78, 5) is 30.8. The molecule has 0 saturated carbocycles. The molecule has 1 aliphatic heterocycles. The van der Waals surface area contributed by atoms with Crippen LogP contribution >= 0.6 is 0 Å². The molecule has 0 aromatic heterocycles. The van der Waals surface area contributed by atoms with E-state index in [0.29, 0.717) is 25.1 Å². The molecular weight excluding hydrogens is 542 g/mol. The van der Waals surface area contributed by atoms with Crippen LogP contribution in [0, 0.1) is 0 Å². The van der Waals surface area contributed by atoms with E-state index in [9.17, 15) is 9.59 Å². The Labute approximate surface area is 262 Å². The average Bonchev–Trinajstić information content (AvgIpc) is 3.59. The number of carbonyl (C=O) groups is 2. The highest BCUT2D eigenvalue weighted by Gasteiger charge is 2.16. The molecule has 0 unspecified atom stereocenters. The Morgan fingerprint density at radius 2 is 1.30 bits per heavy atom. The van der Waals surface area contributed by atoms with Crippen LogP contribution in [-0.2, 0) is 24.2 Å². The quantitative estimate of drug-likeness (QED) is 0.161. The third kappa shape index (κ3) is 9.65. The summed E-state index contributed by atoms with van der Waals surface area (Å²) in [6, 6.07) is 37.1. The monoisotopic (exact) mass is 587 g/mol. The Balaban J connectivity index is 1.22. The summed E-state index contributed by atoms with van der Waals surface area (Å²) >= 11 is 0. The SMILES string of the molecule is O=C(NCCN1CCCC1)c1cccc(-c2cccc(CN(CCCc3ccccc3)C(=O)CCCc3ccccc3)c2)c1. The van der Waals surface area contributed by atoms with Crippen molar-refractivity contribution in [3.8, 4) is 11.1 Å². The molecule has 0 spiro atoms. The second kappa shape index (κ2) is 16.6. The highest BCUT2D eigenvalue weighted by Crippen LogP contribution is 2.23. The fourth-order valence-electron chi connectivity index (χ4n) is 6.00. The molecule has 1 fully saturated rings. The number of nitrogens with zero attached hydrogens (tertiary/aromatic N) is 2. The minimum absolute atomic E-state index is 0.0344. The maximum Gasteiger partial charge on any atom is 0.251 e. The molecule has 44 heavy (non-hydrogen) atoms. The highest BCUT2D eigenvalue weighted by molar-refractivity contribution is 5.95. The van der Waals surface area contributed by atoms with Crippen molar-refractivity contribution in [3.05, 3.63) is 131 Å². The maximum atomic E-state index is 13.5. The predicted octanol–water partition coefficient (Wildman–Crippen LogP) is 7.16. The van der Waals surface area contributed by atoms with Gasteiger partial charge in [0, 0.05) is 38.2 Å². The third-order valence-corrected chi connectivity index (χ3v) is 8.46. The molecule has 1 heterocycles. The number of amides is 2. The lowest BCUT2D eigenvalue weighted by Crippen LogP contribution is -2.33. The minimum Gasteiger partial charge on any atom is -0.351 e. The van der Waals surface area contributed by atoms with Gasteiger partial charge in [0.1, 0.15) is 0 Å². The van der Waals surface area contributed by atoms with Crippen molar-refractivity contribution in [3.63, 3.8) is 0 Å². The van der Waals surface area contributed by atoms with Crippen molar-refractivity contribution >= 4 is 11.8 Å². The maximum absolute atomic E-state index is 13.5. The van der Waals surface area contributed by atoms with Crippen LogP contribution in [0.4, 0.5) is 0 Å². The number of hydrogen-bond acceptors (Lipinski definition) is 3. The molecule has 5 nitrogen and oxygen atoms in total. The first kappa shape index (κ1) is 31.2. The lowest BCUT2D eigenvalue weighted by molar-refractivity contribution is -0.132. The minimum atomic E-state index is -0.0344. The summed E-state index contributed by atoms with van der Waals surface area (Å²) in [5.74, 6) is 0.167. The first-order valence-electron chi connectivity index (χ1n) is 16.2. The van der Waals surface area contributed by atoms with Gasteiger partial charge in [0.05, 0.1) is 0 Å². The molecular formula is C39H45N3O2. The Hall–Kier alpha value is -4.22. The highest BCUT2D eigenvalue weighted by atomic mass is 16.2. The van der Waals surface area contributed by atoms with Gasteiger partial charge >= 0.3 is 0 Å². The number of carbonyl (C=O) groups excluding carboxylic acids is 2. The summed E-state index contributed by atoms with van der Waals surface area (Å²) in [5.41, 5.74) is 6.39. The van der Waals surface area contributed by atoms with Crippen molar-refractivity contribution in [1.29, 1.82) is 0 Å². The topological polar surface area (TPSA) is 52.7 Å². The van der Waals surface area contributed by atoms with Crippen LogP contribution in [-0.4, -0.2) is 54.3 Å². The van der Waals surface area contributed by atoms with Crippen LogP contribution in [0.25, 0.3) is 11.1 Å². The Morgan fingerprint density at radius 3 is 2.00 bits per heavy atom. The van der Waals surface area contributed by atoms with Crippen molar-refractivity contribution in [1.82, 2.24) is 15.1 Å². The predicted molar refractivity (Wildman–Crippen MR) is 179 cm³/mol. The van der Waals surface area contributed by atoms with Gasteiger partial charge in [-0.1, -0.05) is 91.0 Å². The van der Waals surface area contributed by atoms with E-state index in [1.54, 1.807) is 0 Å². The first-order chi connectivity index (χ1) is 21.6. The second-order valence-corrected chi connectivity index (χ2v) is 11.8. The zero-order valence-corrected chi connectivity index (χ0v) is 25.8. The molecule has 0 aliphatic carbocycles. The molecule has 2 amide bonds. The van der Waals surface area contributed by atoms with E-state index in [-0.39, 0.29) is 11.8 Å². The fraction of sp³-hybridized carbons (Fsp3) is 0.333. The molecule has 228 valence electrons. The van der Waals surface area contributed by atoms with Crippen LogP contribution in [0.1, 0.15) is 59.2 Å². The van der Waals surface area contributed by atoms with Crippen molar-refractivity contribution < 1.29 is 9.59 Å². The fourth-order valence-corrected chi connectivity index (χ4v) is 6.00. The summed E-state index contributed by atoms with van der Waals surface area (Å²) in [7, 11) is 0. The van der Waals surface area contributed by atoms with Gasteiger partial charge in [-0.05, 0) is 97.6 Å². The summed E-state index contributed by atoms with van der Waals surface area (Å²) in [6.07, 6.45) is 6.65. The van der Waals surface area contributed by atoms with Crippen LogP contribution in [0.2, 0.25) is 0 Å². The van der Waals surface area contributed by atoms with Gasteiger partial charge < -0.3 is 15.1 Å². The second-order valence-electron chi connectivity index (χ2n) is 11.8. The first-order valence-corrected chi connectivity index (χ1v) is 16.2. The van der Waals surface area contributed by atoms with E-state index in [2.05, 4.69) is 83.0 Å². The Morgan fingerprint density at radius 1 is 0.682 bits per heavy atom. The summed E-state index contributed by atoms with van der Waals surface area (Å²) in [5, 5.41) is 3.09. The van der Waals surface area contributed by atoms with Crippen LogP contribution in [0.3, 0.4) is 0 Å². The van der Waals surface area contributed by atoms with Gasteiger partial charge in [-0.15, -0.1) is 0 Å². The smallest absolute Gasteiger partial charge is 0.251 e. The van der Waals surface area contributed by atoms with Gasteiger partial charge in [0.25, 0.3) is 5.91 Å². The average molecular weight is 588 g/mol. The number of hydrogen-bond donors (Lipinski definition) is 1. The molecule has 1 aliphatic rings. The molecule has 5 rings (SSSR count). The van der Waals surface area contributed by atoms with Gasteiger partial charge in [-0.3, -0.25) is 9.59 Å². The summed E-state index contributed by atoms with van der Waals surface area (Å²) in [6.45, 7) is 5.12. The molecule has 0 atom stereocenters. The largest absolute Gasteiger partial charge is 0.351 e. The number of likely N-dealkylation sites (tertiary alicyclic amines) is 1. The van der Waals surface area contributed by atoms with Crippen LogP contribution in [0.15, 0.2) is 109 Å². The number of rotatable bonds is 15. The zero-order chi connectivity index (χ0) is 30.4. The van der Waals surface area contributed by atoms with Crippen molar-refractivity contribution in [2.24, 2.45) is 0 Å². The zero-order valence-electron chi connectivity index (χ0n) is 25.8. The van der Waals surface area contributed by atoms with Gasteiger partial charge in [0.15, 0.2) is 0 Å². The molecule has 5 heteroatoms. The van der Waals surface area contributed by atoms with Crippen LogP contribution < -0.4 is 5.32 Å². The van der Waals surface area contributed by atoms with Crippen LogP contribution in [0.5, 0.6) is 0 Å². The summed E-state index contributed by atoms with van der Waals surface area (Å²) < 4.78 is 0. The molecule has 0 radical (unpaired) electrons. The van der Waals surface area contributed by atoms with E-state index in [4.69, 9.17) is 0 Å². The Bertz CT molecular complexity index is 1470. The lowest BCUT2D eigenvalue weighted by atomic mass is 10.0. The Kier molecular flexibility index (Phi) is 11.8. The van der Waals surface area contributed by atoms with E-state index in [1.807, 2.05) is 41.3 Å². The van der Waals surface area contributed by atoms with Gasteiger partial charge in [-0.2, -0.15) is 0 Å². The third-order valence-electron chi connectivity index (χ3n) is 8.46. The molecule has 0 bridgehead atoms. The normalized spacial score (nSPS) is 13.1. The molecule has 1 saturated heterocycles. The molecule has 4 aromatic carbocycles. The number of aryl methyl sites for hydroxylation is 2. The van der Waals surface area contributed by atoms with Gasteiger partial charge in [0.2, 0.25) is 5.91 Å². The van der Waals surface area contributed by atoms with Gasteiger partial charge in [-0.25, -0.2) is 0 Å². The van der Waals surface area contributed by atoms with E-state index >= 15 is 0 Å². The van der Waals surface area contributed by atoms with Crippen molar-refractivity contribution in [2.45, 2.75) is 51.5 Å². The number of nitrogens with one attached hydrogen (secondary N) is 1. The van der Waals surface area contributed by atoms with E-state index in [1.165, 1.54) is 24.0 Å². The van der Waals surface area contributed by atoms with E-state index in [0.717, 1.165) is 68.6 Å². The number of benzene rings is 4. The molecule has 1 N–H and O–H groups in total. The molecule has 4 aromatic rings. The van der Waals surface area contributed by atoms with Crippen molar-refractivity contribution in [2.75, 3.05) is 32.7 Å².